The average Bonchev–Trinajstić information content (AvgIpc) is 2.73. The van der Waals surface area contributed by atoms with Gasteiger partial charge in [-0.25, -0.2) is 4.98 Å². The van der Waals surface area contributed by atoms with Crippen LogP contribution in [0.15, 0.2) is 41.3 Å². The zero-order chi connectivity index (χ0) is 12.3. The van der Waals surface area contributed by atoms with E-state index in [2.05, 4.69) is 38.5 Å². The van der Waals surface area contributed by atoms with Crippen LogP contribution in [0.1, 0.15) is 17.3 Å². The molecule has 0 radical (unpaired) electrons. The Labute approximate surface area is 109 Å². The number of nitrogens with zero attached hydrogens (tertiary/aromatic N) is 2. The standard InChI is InChI=1S/C12H15BrN4/c1-17-7-12(15-8-17)11(16-14)6-9-3-2-4-10(13)5-9/h2-5,7-8,11,16H,6,14H2,1H3. The Morgan fingerprint density at radius 3 is 2.94 bits per heavy atom. The van der Waals surface area contributed by atoms with E-state index in [0.717, 1.165) is 16.6 Å². The Morgan fingerprint density at radius 2 is 2.35 bits per heavy atom. The number of benzene rings is 1. The second-order valence-electron chi connectivity index (χ2n) is 4.02. The summed E-state index contributed by atoms with van der Waals surface area (Å²) in [4.78, 5) is 4.31. The fourth-order valence-electron chi connectivity index (χ4n) is 1.76. The number of nitrogens with two attached hydrogens (primary N) is 1. The molecule has 0 fully saturated rings. The molecule has 0 aliphatic carbocycles. The molecule has 0 aliphatic rings. The van der Waals surface area contributed by atoms with Crippen molar-refractivity contribution in [2.24, 2.45) is 12.9 Å². The Hall–Kier alpha value is -1.17. The van der Waals surface area contributed by atoms with Gasteiger partial charge < -0.3 is 4.57 Å². The largest absolute Gasteiger partial charge is 0.340 e. The Balaban J connectivity index is 2.15. The van der Waals surface area contributed by atoms with Crippen molar-refractivity contribution in [2.75, 3.05) is 0 Å². The van der Waals surface area contributed by atoms with Crippen LogP contribution in [-0.2, 0) is 13.5 Å². The van der Waals surface area contributed by atoms with Crippen molar-refractivity contribution in [1.29, 1.82) is 0 Å². The number of imidazole rings is 1. The maximum Gasteiger partial charge on any atom is 0.0947 e. The van der Waals surface area contributed by atoms with E-state index < -0.39 is 0 Å². The minimum Gasteiger partial charge on any atom is -0.340 e. The number of hydrogen-bond acceptors (Lipinski definition) is 3. The van der Waals surface area contributed by atoms with Gasteiger partial charge in [0.15, 0.2) is 0 Å². The van der Waals surface area contributed by atoms with Gasteiger partial charge in [0.1, 0.15) is 0 Å². The number of hydrogen-bond donors (Lipinski definition) is 2. The van der Waals surface area contributed by atoms with Crippen LogP contribution in [0.25, 0.3) is 0 Å². The van der Waals surface area contributed by atoms with Crippen molar-refractivity contribution in [3.05, 3.63) is 52.5 Å². The summed E-state index contributed by atoms with van der Waals surface area (Å²) in [5.74, 6) is 5.59. The van der Waals surface area contributed by atoms with E-state index in [1.807, 2.05) is 29.9 Å². The van der Waals surface area contributed by atoms with Crippen molar-refractivity contribution in [3.63, 3.8) is 0 Å². The lowest BCUT2D eigenvalue weighted by Crippen LogP contribution is -2.29. The molecule has 1 atom stereocenters. The number of hydrazine groups is 1. The minimum atomic E-state index is 0.0329. The van der Waals surface area contributed by atoms with Crippen molar-refractivity contribution < 1.29 is 0 Å². The van der Waals surface area contributed by atoms with Gasteiger partial charge in [0, 0.05) is 17.7 Å². The van der Waals surface area contributed by atoms with Crippen molar-refractivity contribution in [2.45, 2.75) is 12.5 Å². The van der Waals surface area contributed by atoms with Crippen LogP contribution in [0, 0.1) is 0 Å². The van der Waals surface area contributed by atoms with Gasteiger partial charge in [-0.2, -0.15) is 0 Å². The van der Waals surface area contributed by atoms with Gasteiger partial charge in [-0.15, -0.1) is 0 Å². The van der Waals surface area contributed by atoms with Gasteiger partial charge in [0.2, 0.25) is 0 Å². The summed E-state index contributed by atoms with van der Waals surface area (Å²) >= 11 is 3.46. The maximum absolute atomic E-state index is 5.59. The monoisotopic (exact) mass is 294 g/mol. The van der Waals surface area contributed by atoms with Gasteiger partial charge in [-0.05, 0) is 24.1 Å². The molecule has 5 heteroatoms. The first-order valence-electron chi connectivity index (χ1n) is 5.37. The highest BCUT2D eigenvalue weighted by molar-refractivity contribution is 9.10. The second-order valence-corrected chi connectivity index (χ2v) is 4.93. The molecule has 0 amide bonds. The molecule has 1 unspecified atom stereocenters. The average molecular weight is 295 g/mol. The normalized spacial score (nSPS) is 12.6. The lowest BCUT2D eigenvalue weighted by atomic mass is 10.0. The Bertz CT molecular complexity index is 495. The summed E-state index contributed by atoms with van der Waals surface area (Å²) < 4.78 is 2.99. The van der Waals surface area contributed by atoms with E-state index in [1.165, 1.54) is 5.56 Å². The van der Waals surface area contributed by atoms with Gasteiger partial charge in [-0.1, -0.05) is 28.1 Å². The molecule has 1 aromatic heterocycles. The third-order valence-corrected chi connectivity index (χ3v) is 3.11. The van der Waals surface area contributed by atoms with E-state index in [9.17, 15) is 0 Å². The third kappa shape index (κ3) is 3.15. The van der Waals surface area contributed by atoms with Crippen LogP contribution in [0.3, 0.4) is 0 Å². The van der Waals surface area contributed by atoms with Crippen LogP contribution in [-0.4, -0.2) is 9.55 Å². The molecule has 1 aromatic carbocycles. The highest BCUT2D eigenvalue weighted by Crippen LogP contribution is 2.18. The second kappa shape index (κ2) is 5.44. The summed E-state index contributed by atoms with van der Waals surface area (Å²) in [5, 5.41) is 0. The zero-order valence-corrected chi connectivity index (χ0v) is 11.2. The molecule has 1 heterocycles. The quantitative estimate of drug-likeness (QED) is 0.669. The maximum atomic E-state index is 5.59. The van der Waals surface area contributed by atoms with Crippen LogP contribution >= 0.6 is 15.9 Å². The number of rotatable bonds is 4. The van der Waals surface area contributed by atoms with Crippen molar-refractivity contribution in [1.82, 2.24) is 15.0 Å². The molecular formula is C12H15BrN4. The molecule has 0 saturated heterocycles. The van der Waals surface area contributed by atoms with Gasteiger partial charge in [-0.3, -0.25) is 11.3 Å². The Morgan fingerprint density at radius 1 is 1.53 bits per heavy atom. The first-order valence-corrected chi connectivity index (χ1v) is 6.17. The fourth-order valence-corrected chi connectivity index (χ4v) is 2.21. The summed E-state index contributed by atoms with van der Waals surface area (Å²) in [5.41, 5.74) is 4.98. The smallest absolute Gasteiger partial charge is 0.0947 e. The van der Waals surface area contributed by atoms with Gasteiger partial charge >= 0.3 is 0 Å². The molecule has 0 aliphatic heterocycles. The van der Waals surface area contributed by atoms with Crippen LogP contribution in [0.4, 0.5) is 0 Å². The minimum absolute atomic E-state index is 0.0329. The first-order chi connectivity index (χ1) is 8.19. The first kappa shape index (κ1) is 12.3. The Kier molecular flexibility index (Phi) is 3.93. The number of aryl methyl sites for hydroxylation is 1. The highest BCUT2D eigenvalue weighted by Gasteiger charge is 2.13. The molecule has 90 valence electrons. The molecule has 0 spiro atoms. The fraction of sp³-hybridized carbons (Fsp3) is 0.250. The number of halogens is 1. The highest BCUT2D eigenvalue weighted by atomic mass is 79.9. The zero-order valence-electron chi connectivity index (χ0n) is 9.60. The predicted molar refractivity (Wildman–Crippen MR) is 71.1 cm³/mol. The summed E-state index contributed by atoms with van der Waals surface area (Å²) in [6.45, 7) is 0. The van der Waals surface area contributed by atoms with E-state index in [0.29, 0.717) is 0 Å². The topological polar surface area (TPSA) is 55.9 Å². The SMILES string of the molecule is Cn1cnc(C(Cc2cccc(Br)c2)NN)c1. The molecule has 17 heavy (non-hydrogen) atoms. The molecule has 2 aromatic rings. The van der Waals surface area contributed by atoms with E-state index >= 15 is 0 Å². The van der Waals surface area contributed by atoms with E-state index in [1.54, 1.807) is 6.33 Å². The summed E-state index contributed by atoms with van der Waals surface area (Å²) in [7, 11) is 1.95. The lowest BCUT2D eigenvalue weighted by molar-refractivity contribution is 0.540. The van der Waals surface area contributed by atoms with E-state index in [-0.39, 0.29) is 6.04 Å². The van der Waals surface area contributed by atoms with Crippen molar-refractivity contribution >= 4 is 15.9 Å². The van der Waals surface area contributed by atoms with Crippen LogP contribution in [0.5, 0.6) is 0 Å². The number of aromatic nitrogens is 2. The molecule has 2 rings (SSSR count). The van der Waals surface area contributed by atoms with Crippen molar-refractivity contribution in [3.8, 4) is 0 Å². The van der Waals surface area contributed by atoms with E-state index in [4.69, 9.17) is 5.84 Å². The summed E-state index contributed by atoms with van der Waals surface area (Å²) in [6.07, 6.45) is 4.57. The molecular weight excluding hydrogens is 280 g/mol. The number of nitrogens with one attached hydrogen (secondary N) is 1. The predicted octanol–water partition coefficient (Wildman–Crippen LogP) is 1.93. The van der Waals surface area contributed by atoms with Gasteiger partial charge in [0.05, 0.1) is 18.1 Å². The van der Waals surface area contributed by atoms with Gasteiger partial charge in [0.25, 0.3) is 0 Å². The third-order valence-electron chi connectivity index (χ3n) is 2.61. The summed E-state index contributed by atoms with van der Waals surface area (Å²) in [6, 6.07) is 8.23. The van der Waals surface area contributed by atoms with Crippen LogP contribution < -0.4 is 11.3 Å². The molecule has 3 N–H and O–H groups in total. The van der Waals surface area contributed by atoms with Crippen LogP contribution in [0.2, 0.25) is 0 Å². The molecule has 0 saturated carbocycles. The molecule has 4 nitrogen and oxygen atoms in total. The molecule has 0 bridgehead atoms. The lowest BCUT2D eigenvalue weighted by Gasteiger charge is -2.13.